The van der Waals surface area contributed by atoms with E-state index in [-0.39, 0.29) is 17.5 Å². The van der Waals surface area contributed by atoms with Gasteiger partial charge in [0.15, 0.2) is 0 Å². The molecule has 1 heterocycles. The molecule has 1 aliphatic rings. The Morgan fingerprint density at radius 3 is 2.60 bits per heavy atom. The summed E-state index contributed by atoms with van der Waals surface area (Å²) in [5.74, 6) is 0. The van der Waals surface area contributed by atoms with Crippen molar-refractivity contribution < 1.29 is 13.5 Å². The third-order valence-corrected chi connectivity index (χ3v) is 6.01. The third kappa shape index (κ3) is 3.79. The molecule has 7 heteroatoms. The maximum Gasteiger partial charge on any atom is 0.241 e. The molecule has 0 atom stereocenters. The van der Waals surface area contributed by atoms with Crippen molar-refractivity contribution in [3.8, 4) is 0 Å². The molecule has 20 heavy (non-hydrogen) atoms. The van der Waals surface area contributed by atoms with Gasteiger partial charge >= 0.3 is 0 Å². The Kier molecular flexibility index (Phi) is 5.19. The fourth-order valence-electron chi connectivity index (χ4n) is 2.27. The van der Waals surface area contributed by atoms with Crippen molar-refractivity contribution in [2.75, 3.05) is 20.1 Å². The largest absolute Gasteiger partial charge is 0.392 e. The predicted octanol–water partition coefficient (Wildman–Crippen LogP) is 1.31. The summed E-state index contributed by atoms with van der Waals surface area (Å²) in [6, 6.07) is 4.75. The highest BCUT2D eigenvalue weighted by Crippen LogP contribution is 2.24. The Morgan fingerprint density at radius 1 is 1.40 bits per heavy atom. The molecule has 1 fully saturated rings. The lowest BCUT2D eigenvalue weighted by Crippen LogP contribution is -2.43. The fourth-order valence-corrected chi connectivity index (χ4v) is 4.70. The number of hydrogen-bond acceptors (Lipinski definition) is 4. The summed E-state index contributed by atoms with van der Waals surface area (Å²) < 4.78 is 28.0. The minimum Gasteiger partial charge on any atom is -0.392 e. The van der Waals surface area contributed by atoms with Crippen molar-refractivity contribution in [1.82, 2.24) is 9.62 Å². The number of halogens is 1. The van der Waals surface area contributed by atoms with Gasteiger partial charge in [0.25, 0.3) is 0 Å². The van der Waals surface area contributed by atoms with Gasteiger partial charge in [0, 0.05) is 10.5 Å². The molecule has 0 aromatic heterocycles. The van der Waals surface area contributed by atoms with E-state index in [1.54, 1.807) is 12.1 Å². The zero-order valence-corrected chi connectivity index (χ0v) is 13.7. The molecule has 0 aliphatic carbocycles. The van der Waals surface area contributed by atoms with Gasteiger partial charge in [-0.05, 0) is 66.6 Å². The van der Waals surface area contributed by atoms with E-state index < -0.39 is 10.0 Å². The Hall–Kier alpha value is -0.470. The molecule has 112 valence electrons. The highest BCUT2D eigenvalue weighted by Gasteiger charge is 2.24. The number of piperidine rings is 1. The molecule has 0 amide bonds. The van der Waals surface area contributed by atoms with Crippen molar-refractivity contribution in [2.24, 2.45) is 0 Å². The van der Waals surface area contributed by atoms with Crippen LogP contribution in [0.5, 0.6) is 0 Å². The molecule has 0 saturated carbocycles. The number of nitrogens with zero attached hydrogens (tertiary/aromatic N) is 1. The van der Waals surface area contributed by atoms with E-state index in [0.29, 0.717) is 10.0 Å². The topological polar surface area (TPSA) is 69.6 Å². The van der Waals surface area contributed by atoms with E-state index in [4.69, 9.17) is 5.11 Å². The first-order valence-corrected chi connectivity index (χ1v) is 8.80. The number of rotatable bonds is 4. The van der Waals surface area contributed by atoms with Gasteiger partial charge in [-0.15, -0.1) is 0 Å². The fraction of sp³-hybridized carbons (Fsp3) is 0.538. The molecule has 1 aromatic rings. The molecular weight excluding hydrogens is 344 g/mol. The molecule has 0 bridgehead atoms. The minimum atomic E-state index is -3.53. The Bertz CT molecular complexity index is 569. The predicted molar refractivity (Wildman–Crippen MR) is 80.9 cm³/mol. The molecule has 2 N–H and O–H groups in total. The summed E-state index contributed by atoms with van der Waals surface area (Å²) in [5, 5.41) is 9.05. The Morgan fingerprint density at radius 2 is 2.05 bits per heavy atom. The van der Waals surface area contributed by atoms with Gasteiger partial charge in [-0.3, -0.25) is 0 Å². The normalized spacial score (nSPS) is 18.4. The molecule has 0 unspecified atom stereocenters. The van der Waals surface area contributed by atoms with Crippen molar-refractivity contribution >= 4 is 26.0 Å². The summed E-state index contributed by atoms with van der Waals surface area (Å²) in [6.45, 7) is 1.69. The summed E-state index contributed by atoms with van der Waals surface area (Å²) >= 11 is 3.26. The number of sulfonamides is 1. The second-order valence-electron chi connectivity index (χ2n) is 5.12. The molecule has 0 radical (unpaired) electrons. The van der Waals surface area contributed by atoms with Crippen LogP contribution in [-0.2, 0) is 16.6 Å². The number of hydrogen-bond donors (Lipinski definition) is 2. The monoisotopic (exact) mass is 362 g/mol. The summed E-state index contributed by atoms with van der Waals surface area (Å²) in [5.41, 5.74) is 0.676. The molecule has 0 spiro atoms. The lowest BCUT2D eigenvalue weighted by molar-refractivity contribution is 0.248. The van der Waals surface area contributed by atoms with Gasteiger partial charge in [0.2, 0.25) is 10.0 Å². The van der Waals surface area contributed by atoms with E-state index in [2.05, 4.69) is 25.6 Å². The number of aliphatic hydroxyl groups excluding tert-OH is 1. The standard InChI is InChI=1S/C13H19BrN2O3S/c1-16-6-4-11(5-7-16)15-20(18,19)13-3-2-10(9-17)8-12(13)14/h2-3,8,11,15,17H,4-7,9H2,1H3. The van der Waals surface area contributed by atoms with Crippen LogP contribution in [0.3, 0.4) is 0 Å². The van der Waals surface area contributed by atoms with Gasteiger partial charge in [0.1, 0.15) is 0 Å². The lowest BCUT2D eigenvalue weighted by atomic mass is 10.1. The van der Waals surface area contributed by atoms with Crippen molar-refractivity contribution in [3.63, 3.8) is 0 Å². The minimum absolute atomic E-state index is 0.0133. The third-order valence-electron chi connectivity index (χ3n) is 3.51. The lowest BCUT2D eigenvalue weighted by Gasteiger charge is -2.29. The van der Waals surface area contributed by atoms with Crippen LogP contribution < -0.4 is 4.72 Å². The zero-order chi connectivity index (χ0) is 14.8. The Balaban J connectivity index is 2.14. The molecule has 5 nitrogen and oxygen atoms in total. The zero-order valence-electron chi connectivity index (χ0n) is 11.3. The summed E-state index contributed by atoms with van der Waals surface area (Å²) in [7, 11) is -1.49. The van der Waals surface area contributed by atoms with Crippen LogP contribution in [0.15, 0.2) is 27.6 Å². The first-order chi connectivity index (χ1) is 9.42. The summed E-state index contributed by atoms with van der Waals surface area (Å²) in [6.07, 6.45) is 1.64. The van der Waals surface area contributed by atoms with Crippen LogP contribution in [-0.4, -0.2) is 44.6 Å². The van der Waals surface area contributed by atoms with E-state index in [9.17, 15) is 8.42 Å². The van der Waals surface area contributed by atoms with Gasteiger partial charge in [-0.2, -0.15) is 0 Å². The van der Waals surface area contributed by atoms with E-state index in [1.807, 2.05) is 7.05 Å². The maximum atomic E-state index is 12.4. The van der Waals surface area contributed by atoms with Crippen LogP contribution in [0.1, 0.15) is 18.4 Å². The number of nitrogens with one attached hydrogen (secondary N) is 1. The summed E-state index contributed by atoms with van der Waals surface area (Å²) in [4.78, 5) is 2.41. The van der Waals surface area contributed by atoms with Gasteiger partial charge < -0.3 is 10.0 Å². The molecular formula is C13H19BrN2O3S. The number of likely N-dealkylation sites (tertiary alicyclic amines) is 1. The Labute approximate surface area is 128 Å². The number of benzene rings is 1. The second-order valence-corrected chi connectivity index (χ2v) is 7.66. The van der Waals surface area contributed by atoms with Crippen molar-refractivity contribution in [3.05, 3.63) is 28.2 Å². The van der Waals surface area contributed by atoms with Crippen LogP contribution in [0.25, 0.3) is 0 Å². The highest BCUT2D eigenvalue weighted by atomic mass is 79.9. The smallest absolute Gasteiger partial charge is 0.241 e. The van der Waals surface area contributed by atoms with E-state index >= 15 is 0 Å². The number of aliphatic hydroxyl groups is 1. The highest BCUT2D eigenvalue weighted by molar-refractivity contribution is 9.10. The van der Waals surface area contributed by atoms with Crippen molar-refractivity contribution in [1.29, 1.82) is 0 Å². The van der Waals surface area contributed by atoms with E-state index in [1.165, 1.54) is 6.07 Å². The molecule has 1 aliphatic heterocycles. The van der Waals surface area contributed by atoms with Crippen LogP contribution in [0, 0.1) is 0 Å². The molecule has 2 rings (SSSR count). The first kappa shape index (κ1) is 15.9. The second kappa shape index (κ2) is 6.53. The molecule has 1 aromatic carbocycles. The van der Waals surface area contributed by atoms with Gasteiger partial charge in [-0.25, -0.2) is 13.1 Å². The quantitative estimate of drug-likeness (QED) is 0.847. The van der Waals surface area contributed by atoms with Crippen LogP contribution in [0.4, 0.5) is 0 Å². The van der Waals surface area contributed by atoms with Gasteiger partial charge in [-0.1, -0.05) is 6.07 Å². The average molecular weight is 363 g/mol. The van der Waals surface area contributed by atoms with Crippen molar-refractivity contribution in [2.45, 2.75) is 30.4 Å². The van der Waals surface area contributed by atoms with Crippen LogP contribution in [0.2, 0.25) is 0 Å². The van der Waals surface area contributed by atoms with Gasteiger partial charge in [0.05, 0.1) is 11.5 Å². The van der Waals surface area contributed by atoms with Crippen LogP contribution >= 0.6 is 15.9 Å². The SMILES string of the molecule is CN1CCC(NS(=O)(=O)c2ccc(CO)cc2Br)CC1. The average Bonchev–Trinajstić information content (AvgIpc) is 2.40. The maximum absolute atomic E-state index is 12.4. The molecule has 1 saturated heterocycles. The first-order valence-electron chi connectivity index (χ1n) is 6.52. The van der Waals surface area contributed by atoms with E-state index in [0.717, 1.165) is 25.9 Å².